The Bertz CT molecular complexity index is 189. The molecule has 1 rings (SSSR count). The van der Waals surface area contributed by atoms with E-state index < -0.39 is 0 Å². The third kappa shape index (κ3) is 6.89. The maximum Gasteiger partial charge on any atom is 0.0765 e. The molecule has 4 N–H and O–H groups in total. The minimum atomic E-state index is 0. The first-order valence-electron chi connectivity index (χ1n) is 3.28. The lowest BCUT2D eigenvalue weighted by atomic mass is 10.3. The van der Waals surface area contributed by atoms with E-state index in [0.29, 0.717) is 0 Å². The Morgan fingerprint density at radius 2 is 1.75 bits per heavy atom. The van der Waals surface area contributed by atoms with E-state index in [-0.39, 0.29) is 12.4 Å². The van der Waals surface area contributed by atoms with Gasteiger partial charge in [0.05, 0.1) is 6.34 Å². The fraction of sp³-hybridized carbons (Fsp3) is 0.125. The average molecular weight is 188 g/mol. The Morgan fingerprint density at radius 3 is 2.00 bits per heavy atom. The summed E-state index contributed by atoms with van der Waals surface area (Å²) in [5, 5.41) is 8.89. The molecule has 0 saturated carbocycles. The van der Waals surface area contributed by atoms with Crippen molar-refractivity contribution >= 4 is 24.4 Å². The molecule has 0 aliphatic carbocycles. The van der Waals surface area contributed by atoms with Gasteiger partial charge in [0.15, 0.2) is 0 Å². The van der Waals surface area contributed by atoms with Crippen LogP contribution < -0.4 is 11.1 Å². The SMILES string of the molecule is CNc1ccccc1.Cl.N=CN. The first-order chi connectivity index (χ1) is 5.35. The van der Waals surface area contributed by atoms with E-state index in [9.17, 15) is 0 Å². The summed E-state index contributed by atoms with van der Waals surface area (Å²) in [5.74, 6) is 0. The highest BCUT2D eigenvalue weighted by Crippen LogP contribution is 2.01. The van der Waals surface area contributed by atoms with Crippen molar-refractivity contribution in [3.8, 4) is 0 Å². The van der Waals surface area contributed by atoms with Crippen LogP contribution in [0.3, 0.4) is 0 Å². The van der Waals surface area contributed by atoms with Gasteiger partial charge < -0.3 is 11.1 Å². The minimum Gasteiger partial charge on any atom is -0.390 e. The van der Waals surface area contributed by atoms with Gasteiger partial charge in [-0.3, -0.25) is 5.41 Å². The molecule has 0 aliphatic heterocycles. The molecular weight excluding hydrogens is 174 g/mol. The van der Waals surface area contributed by atoms with Crippen molar-refractivity contribution in [2.24, 2.45) is 5.73 Å². The molecule has 12 heavy (non-hydrogen) atoms. The molecule has 0 radical (unpaired) electrons. The number of anilines is 1. The van der Waals surface area contributed by atoms with E-state index in [1.165, 1.54) is 0 Å². The predicted octanol–water partition coefficient (Wildman–Crippen LogP) is 1.70. The molecule has 0 heterocycles. The van der Waals surface area contributed by atoms with Crippen LogP contribution in [-0.4, -0.2) is 13.4 Å². The zero-order valence-corrected chi connectivity index (χ0v) is 7.77. The summed E-state index contributed by atoms with van der Waals surface area (Å²) in [4.78, 5) is 0. The van der Waals surface area contributed by atoms with Crippen LogP contribution in [0.1, 0.15) is 0 Å². The molecule has 1 aromatic rings. The van der Waals surface area contributed by atoms with Crippen LogP contribution in [0, 0.1) is 5.41 Å². The van der Waals surface area contributed by atoms with E-state index >= 15 is 0 Å². The lowest BCUT2D eigenvalue weighted by Gasteiger charge is -1.94. The molecule has 0 aliphatic rings. The number of nitrogens with one attached hydrogen (secondary N) is 2. The van der Waals surface area contributed by atoms with Crippen molar-refractivity contribution in [3.63, 3.8) is 0 Å². The fourth-order valence-corrected chi connectivity index (χ4v) is 0.605. The zero-order valence-electron chi connectivity index (χ0n) is 6.95. The van der Waals surface area contributed by atoms with Crippen LogP contribution >= 0.6 is 12.4 Å². The first kappa shape index (κ1) is 13.4. The van der Waals surface area contributed by atoms with Crippen molar-refractivity contribution in [1.82, 2.24) is 0 Å². The van der Waals surface area contributed by atoms with Crippen molar-refractivity contribution in [3.05, 3.63) is 30.3 Å². The summed E-state index contributed by atoms with van der Waals surface area (Å²) >= 11 is 0. The zero-order chi connectivity index (χ0) is 8.53. The van der Waals surface area contributed by atoms with Crippen molar-refractivity contribution in [2.75, 3.05) is 12.4 Å². The van der Waals surface area contributed by atoms with Gasteiger partial charge in [-0.15, -0.1) is 12.4 Å². The molecule has 0 bridgehead atoms. The molecule has 0 amide bonds. The molecule has 68 valence electrons. The average Bonchev–Trinajstić information content (AvgIpc) is 2.08. The van der Waals surface area contributed by atoms with Crippen molar-refractivity contribution < 1.29 is 0 Å². The van der Waals surface area contributed by atoms with Gasteiger partial charge in [0.2, 0.25) is 0 Å². The smallest absolute Gasteiger partial charge is 0.0765 e. The van der Waals surface area contributed by atoms with Crippen molar-refractivity contribution in [2.45, 2.75) is 0 Å². The van der Waals surface area contributed by atoms with E-state index in [2.05, 4.69) is 11.1 Å². The van der Waals surface area contributed by atoms with E-state index in [4.69, 9.17) is 5.41 Å². The van der Waals surface area contributed by atoms with E-state index in [1.54, 1.807) is 0 Å². The molecule has 0 atom stereocenters. The number of rotatable bonds is 1. The Morgan fingerprint density at radius 1 is 1.33 bits per heavy atom. The summed E-state index contributed by atoms with van der Waals surface area (Å²) in [7, 11) is 1.91. The van der Waals surface area contributed by atoms with Gasteiger partial charge >= 0.3 is 0 Å². The predicted molar refractivity (Wildman–Crippen MR) is 56.2 cm³/mol. The van der Waals surface area contributed by atoms with Crippen LogP contribution in [-0.2, 0) is 0 Å². The second-order valence-electron chi connectivity index (χ2n) is 1.78. The quantitative estimate of drug-likeness (QED) is 0.463. The highest BCUT2D eigenvalue weighted by Gasteiger charge is 1.77. The van der Waals surface area contributed by atoms with Gasteiger partial charge in [0.25, 0.3) is 0 Å². The molecular formula is C8H14ClN3. The van der Waals surface area contributed by atoms with E-state index in [1.807, 2.05) is 37.4 Å². The highest BCUT2D eigenvalue weighted by molar-refractivity contribution is 5.85. The molecule has 0 aromatic heterocycles. The summed E-state index contributed by atoms with van der Waals surface area (Å²) in [6.45, 7) is 0. The van der Waals surface area contributed by atoms with Crippen LogP contribution in [0.5, 0.6) is 0 Å². The van der Waals surface area contributed by atoms with Gasteiger partial charge in [-0.25, -0.2) is 0 Å². The lowest BCUT2D eigenvalue weighted by Crippen LogP contribution is -1.84. The van der Waals surface area contributed by atoms with Crippen LogP contribution in [0.15, 0.2) is 30.3 Å². The van der Waals surface area contributed by atoms with Crippen LogP contribution in [0.25, 0.3) is 0 Å². The van der Waals surface area contributed by atoms with Gasteiger partial charge in [0.1, 0.15) is 0 Å². The molecule has 0 spiro atoms. The molecule has 4 heteroatoms. The number of para-hydroxylation sites is 1. The topological polar surface area (TPSA) is 61.9 Å². The number of nitrogens with two attached hydrogens (primary N) is 1. The van der Waals surface area contributed by atoms with Gasteiger partial charge in [-0.1, -0.05) is 18.2 Å². The lowest BCUT2D eigenvalue weighted by molar-refractivity contribution is 1.51. The second kappa shape index (κ2) is 9.78. The maximum absolute atomic E-state index is 5.86. The monoisotopic (exact) mass is 187 g/mol. The standard InChI is InChI=1S/C7H9N.CH4N2.ClH/c1-8-7-5-3-2-4-6-7;2-1-3;/h2-6,8H,1H3;1H,(H3,2,3);1H. The molecule has 0 unspecified atom stereocenters. The fourth-order valence-electron chi connectivity index (χ4n) is 0.605. The van der Waals surface area contributed by atoms with Gasteiger partial charge in [0, 0.05) is 12.7 Å². The Labute approximate surface area is 78.9 Å². The summed E-state index contributed by atoms with van der Waals surface area (Å²) in [6, 6.07) is 10.1. The highest BCUT2D eigenvalue weighted by atomic mass is 35.5. The normalized spacial score (nSPS) is 6.75. The van der Waals surface area contributed by atoms with Crippen molar-refractivity contribution in [1.29, 1.82) is 5.41 Å². The molecule has 0 saturated heterocycles. The minimum absolute atomic E-state index is 0. The number of benzene rings is 1. The largest absolute Gasteiger partial charge is 0.390 e. The number of hydrogen-bond acceptors (Lipinski definition) is 2. The molecule has 0 fully saturated rings. The van der Waals surface area contributed by atoms with E-state index in [0.717, 1.165) is 12.0 Å². The summed E-state index contributed by atoms with van der Waals surface area (Å²) in [6.07, 6.45) is 0.750. The first-order valence-corrected chi connectivity index (χ1v) is 3.28. The maximum atomic E-state index is 5.86. The van der Waals surface area contributed by atoms with Gasteiger partial charge in [-0.2, -0.15) is 0 Å². The molecule has 3 nitrogen and oxygen atoms in total. The Balaban J connectivity index is 0. The van der Waals surface area contributed by atoms with Crippen LogP contribution in [0.2, 0.25) is 0 Å². The Kier molecular flexibility index (Phi) is 10.9. The number of halogens is 1. The van der Waals surface area contributed by atoms with Gasteiger partial charge in [-0.05, 0) is 12.1 Å². The third-order valence-corrected chi connectivity index (χ3v) is 1.06. The summed E-state index contributed by atoms with van der Waals surface area (Å²) in [5.41, 5.74) is 5.55. The Hall–Kier alpha value is -1.22. The van der Waals surface area contributed by atoms with Crippen LogP contribution in [0.4, 0.5) is 5.69 Å². The molecule has 1 aromatic carbocycles. The third-order valence-electron chi connectivity index (χ3n) is 1.06. The summed E-state index contributed by atoms with van der Waals surface area (Å²) < 4.78 is 0. The second-order valence-corrected chi connectivity index (χ2v) is 1.78. The number of hydrogen-bond donors (Lipinski definition) is 3.